The third-order valence-electron chi connectivity index (χ3n) is 4.53. The first-order chi connectivity index (χ1) is 12.6. The van der Waals surface area contributed by atoms with Crippen LogP contribution in [0.2, 0.25) is 0 Å². The molecule has 4 heteroatoms. The minimum Gasteiger partial charge on any atom is -0.339 e. The maximum atomic E-state index is 4.82. The van der Waals surface area contributed by atoms with Gasteiger partial charge >= 0.3 is 0 Å². The van der Waals surface area contributed by atoms with Crippen molar-refractivity contribution in [1.29, 1.82) is 0 Å². The second kappa shape index (κ2) is 6.64. The van der Waals surface area contributed by atoms with Gasteiger partial charge in [0.05, 0.1) is 5.69 Å². The molecule has 1 N–H and O–H groups in total. The van der Waals surface area contributed by atoms with Gasteiger partial charge in [-0.15, -0.1) is 0 Å². The van der Waals surface area contributed by atoms with Crippen LogP contribution in [-0.2, 0) is 0 Å². The number of benzene rings is 1. The molecule has 0 spiro atoms. The summed E-state index contributed by atoms with van der Waals surface area (Å²) >= 11 is 0. The van der Waals surface area contributed by atoms with Crippen molar-refractivity contribution in [3.63, 3.8) is 0 Å². The molecule has 0 unspecified atom stereocenters. The molecular formula is C22H22N4. The van der Waals surface area contributed by atoms with Gasteiger partial charge in [0.25, 0.3) is 0 Å². The van der Waals surface area contributed by atoms with E-state index in [9.17, 15) is 0 Å². The summed E-state index contributed by atoms with van der Waals surface area (Å²) < 4.78 is 2.08. The lowest BCUT2D eigenvalue weighted by Gasteiger charge is -2.11. The van der Waals surface area contributed by atoms with Gasteiger partial charge in [0, 0.05) is 18.1 Å². The minimum absolute atomic E-state index is 0.520. The molecular weight excluding hydrogens is 320 g/mol. The standard InChI is InChI=1S/C22H22N4/c1-15(2)17-7-9-18(10-8-17)24-22-21(19-6-4-5-12-23-19)25-20-14-16(3)11-13-26(20)22/h4-15,24H,1-3H3. The SMILES string of the molecule is Cc1ccn2c(Nc3ccc(C(C)C)cc3)c(-c3ccccn3)nc2c1. The molecule has 0 bridgehead atoms. The molecule has 0 radical (unpaired) electrons. The Morgan fingerprint density at radius 3 is 2.50 bits per heavy atom. The summed E-state index contributed by atoms with van der Waals surface area (Å²) in [7, 11) is 0. The number of fused-ring (bicyclic) bond motifs is 1. The molecule has 0 atom stereocenters. The second-order valence-electron chi connectivity index (χ2n) is 6.86. The average molecular weight is 342 g/mol. The maximum Gasteiger partial charge on any atom is 0.144 e. The Hall–Kier alpha value is -3.14. The van der Waals surface area contributed by atoms with E-state index < -0.39 is 0 Å². The van der Waals surface area contributed by atoms with Crippen LogP contribution < -0.4 is 5.32 Å². The molecule has 0 fully saturated rings. The highest BCUT2D eigenvalue weighted by Crippen LogP contribution is 2.30. The molecule has 0 saturated heterocycles. The molecule has 26 heavy (non-hydrogen) atoms. The Labute approximate surface area is 153 Å². The molecule has 3 heterocycles. The summed E-state index contributed by atoms with van der Waals surface area (Å²) in [4.78, 5) is 9.31. The fourth-order valence-corrected chi connectivity index (χ4v) is 3.04. The van der Waals surface area contributed by atoms with Gasteiger partial charge in [-0.1, -0.05) is 32.0 Å². The lowest BCUT2D eigenvalue weighted by atomic mass is 10.0. The van der Waals surface area contributed by atoms with Crippen LogP contribution in [-0.4, -0.2) is 14.4 Å². The van der Waals surface area contributed by atoms with Crippen molar-refractivity contribution in [2.24, 2.45) is 0 Å². The molecule has 0 saturated carbocycles. The van der Waals surface area contributed by atoms with Crippen LogP contribution in [0.15, 0.2) is 67.0 Å². The molecule has 4 nitrogen and oxygen atoms in total. The summed E-state index contributed by atoms with van der Waals surface area (Å²) in [6.45, 7) is 6.48. The van der Waals surface area contributed by atoms with E-state index in [0.717, 1.165) is 28.5 Å². The molecule has 0 aliphatic carbocycles. The van der Waals surface area contributed by atoms with E-state index in [2.05, 4.69) is 78.1 Å². The minimum atomic E-state index is 0.520. The van der Waals surface area contributed by atoms with Crippen LogP contribution in [0.1, 0.15) is 30.9 Å². The number of nitrogens with zero attached hydrogens (tertiary/aromatic N) is 3. The number of hydrogen-bond acceptors (Lipinski definition) is 3. The number of imidazole rings is 1. The highest BCUT2D eigenvalue weighted by molar-refractivity contribution is 5.78. The Morgan fingerprint density at radius 1 is 1.00 bits per heavy atom. The van der Waals surface area contributed by atoms with E-state index in [1.165, 1.54) is 11.1 Å². The van der Waals surface area contributed by atoms with E-state index in [4.69, 9.17) is 4.98 Å². The average Bonchev–Trinajstić information content (AvgIpc) is 3.00. The molecule has 0 amide bonds. The number of hydrogen-bond donors (Lipinski definition) is 1. The number of pyridine rings is 2. The Morgan fingerprint density at radius 2 is 1.81 bits per heavy atom. The first-order valence-electron chi connectivity index (χ1n) is 8.89. The van der Waals surface area contributed by atoms with Gasteiger partial charge in [0.2, 0.25) is 0 Å². The molecule has 130 valence electrons. The van der Waals surface area contributed by atoms with Crippen LogP contribution in [0.25, 0.3) is 17.0 Å². The summed E-state index contributed by atoms with van der Waals surface area (Å²) in [5.74, 6) is 1.45. The molecule has 1 aromatic carbocycles. The van der Waals surface area contributed by atoms with Crippen molar-refractivity contribution >= 4 is 17.2 Å². The zero-order valence-corrected chi connectivity index (χ0v) is 15.3. The van der Waals surface area contributed by atoms with Gasteiger partial charge in [-0.3, -0.25) is 9.38 Å². The summed E-state index contributed by atoms with van der Waals surface area (Å²) in [6, 6.07) is 18.6. The third-order valence-corrected chi connectivity index (χ3v) is 4.53. The van der Waals surface area contributed by atoms with Gasteiger partial charge in [0.1, 0.15) is 17.2 Å². The Balaban J connectivity index is 1.82. The van der Waals surface area contributed by atoms with Crippen molar-refractivity contribution in [3.05, 3.63) is 78.1 Å². The van der Waals surface area contributed by atoms with Gasteiger partial charge in [-0.05, 0) is 60.4 Å². The zero-order chi connectivity index (χ0) is 18.1. The highest BCUT2D eigenvalue weighted by Gasteiger charge is 2.15. The van der Waals surface area contributed by atoms with Crippen LogP contribution in [0.5, 0.6) is 0 Å². The van der Waals surface area contributed by atoms with Crippen LogP contribution >= 0.6 is 0 Å². The van der Waals surface area contributed by atoms with E-state index in [1.807, 2.05) is 18.2 Å². The Bertz CT molecular complexity index is 1030. The summed E-state index contributed by atoms with van der Waals surface area (Å²) in [5, 5.41) is 3.54. The number of rotatable bonds is 4. The van der Waals surface area contributed by atoms with E-state index in [1.54, 1.807) is 6.20 Å². The first-order valence-corrected chi connectivity index (χ1v) is 8.89. The van der Waals surface area contributed by atoms with Gasteiger partial charge in [-0.25, -0.2) is 4.98 Å². The normalized spacial score (nSPS) is 11.2. The lowest BCUT2D eigenvalue weighted by molar-refractivity contribution is 0.867. The Kier molecular flexibility index (Phi) is 4.17. The third kappa shape index (κ3) is 3.06. The smallest absolute Gasteiger partial charge is 0.144 e. The van der Waals surface area contributed by atoms with E-state index >= 15 is 0 Å². The monoisotopic (exact) mass is 342 g/mol. The van der Waals surface area contributed by atoms with E-state index in [-0.39, 0.29) is 0 Å². The van der Waals surface area contributed by atoms with Crippen molar-refractivity contribution < 1.29 is 0 Å². The number of aromatic nitrogens is 3. The van der Waals surface area contributed by atoms with Crippen molar-refractivity contribution in [3.8, 4) is 11.4 Å². The molecule has 0 aliphatic rings. The summed E-state index contributed by atoms with van der Waals surface area (Å²) in [6.07, 6.45) is 3.85. The quantitative estimate of drug-likeness (QED) is 0.527. The summed E-state index contributed by atoms with van der Waals surface area (Å²) in [5.41, 5.74) is 6.16. The fourth-order valence-electron chi connectivity index (χ4n) is 3.04. The number of aryl methyl sites for hydroxylation is 1. The predicted molar refractivity (Wildman–Crippen MR) is 107 cm³/mol. The topological polar surface area (TPSA) is 42.2 Å². The molecule has 3 aromatic heterocycles. The molecule has 4 aromatic rings. The molecule has 4 rings (SSSR count). The molecule has 0 aliphatic heterocycles. The largest absolute Gasteiger partial charge is 0.339 e. The van der Waals surface area contributed by atoms with Gasteiger partial charge in [0.15, 0.2) is 0 Å². The fraction of sp³-hybridized carbons (Fsp3) is 0.182. The van der Waals surface area contributed by atoms with Crippen molar-refractivity contribution in [1.82, 2.24) is 14.4 Å². The number of nitrogens with one attached hydrogen (secondary N) is 1. The second-order valence-corrected chi connectivity index (χ2v) is 6.86. The first kappa shape index (κ1) is 16.3. The number of anilines is 2. The highest BCUT2D eigenvalue weighted by atomic mass is 15.1. The lowest BCUT2D eigenvalue weighted by Crippen LogP contribution is -1.98. The zero-order valence-electron chi connectivity index (χ0n) is 15.3. The van der Waals surface area contributed by atoms with Crippen LogP contribution in [0.4, 0.5) is 11.5 Å². The predicted octanol–water partition coefficient (Wildman–Crippen LogP) is 5.57. The van der Waals surface area contributed by atoms with Gasteiger partial charge in [-0.2, -0.15) is 0 Å². The maximum absolute atomic E-state index is 4.82. The van der Waals surface area contributed by atoms with Crippen molar-refractivity contribution in [2.45, 2.75) is 26.7 Å². The van der Waals surface area contributed by atoms with Crippen LogP contribution in [0.3, 0.4) is 0 Å². The van der Waals surface area contributed by atoms with Gasteiger partial charge < -0.3 is 5.32 Å². The van der Waals surface area contributed by atoms with E-state index in [0.29, 0.717) is 5.92 Å². The van der Waals surface area contributed by atoms with Crippen LogP contribution in [0, 0.1) is 6.92 Å². The van der Waals surface area contributed by atoms with Crippen molar-refractivity contribution in [2.75, 3.05) is 5.32 Å².